The van der Waals surface area contributed by atoms with Crippen molar-refractivity contribution < 1.29 is 9.53 Å². The standard InChI is InChI=1S/C20H23N3O3S/c1-5-13-6-8-14(9-7-13)10-23(3)11-15-21-18(24)16-12(2)17(20(25)26-4)27-19(16)22-15/h6-9H,5,10-11H2,1-4H3,(H,21,22,24). The number of benzene rings is 1. The maximum atomic E-state index is 12.5. The normalized spacial score (nSPS) is 11.3. The van der Waals surface area contributed by atoms with Gasteiger partial charge in [0.05, 0.1) is 19.0 Å². The lowest BCUT2D eigenvalue weighted by molar-refractivity contribution is 0.0605. The first kappa shape index (κ1) is 19.3. The number of nitrogens with zero attached hydrogens (tertiary/aromatic N) is 2. The van der Waals surface area contributed by atoms with Crippen LogP contribution in [0.25, 0.3) is 10.2 Å². The zero-order valence-corrected chi connectivity index (χ0v) is 16.8. The Balaban J connectivity index is 1.82. The molecule has 0 aliphatic carbocycles. The number of H-pyrrole nitrogens is 1. The number of rotatable bonds is 6. The van der Waals surface area contributed by atoms with Gasteiger partial charge in [0, 0.05) is 6.54 Å². The van der Waals surface area contributed by atoms with Crippen molar-refractivity contribution in [3.63, 3.8) is 0 Å². The van der Waals surface area contributed by atoms with E-state index in [2.05, 4.69) is 46.1 Å². The van der Waals surface area contributed by atoms with E-state index in [4.69, 9.17) is 4.74 Å². The lowest BCUT2D eigenvalue weighted by Gasteiger charge is -2.16. The van der Waals surface area contributed by atoms with E-state index >= 15 is 0 Å². The third-order valence-corrected chi connectivity index (χ3v) is 5.69. The van der Waals surface area contributed by atoms with Gasteiger partial charge in [-0.15, -0.1) is 11.3 Å². The lowest BCUT2D eigenvalue weighted by Crippen LogP contribution is -2.21. The lowest BCUT2D eigenvalue weighted by atomic mass is 10.1. The van der Waals surface area contributed by atoms with Crippen LogP contribution in [0.1, 0.15) is 39.1 Å². The number of esters is 1. The number of thiophene rings is 1. The van der Waals surface area contributed by atoms with Crippen LogP contribution in [0.15, 0.2) is 29.1 Å². The quantitative estimate of drug-likeness (QED) is 0.659. The van der Waals surface area contributed by atoms with Crippen molar-refractivity contribution in [2.45, 2.75) is 33.4 Å². The number of carbonyl (C=O) groups is 1. The van der Waals surface area contributed by atoms with Gasteiger partial charge in [-0.25, -0.2) is 9.78 Å². The van der Waals surface area contributed by atoms with Gasteiger partial charge in [0.15, 0.2) is 0 Å². The molecule has 0 amide bonds. The number of aromatic nitrogens is 2. The summed E-state index contributed by atoms with van der Waals surface area (Å²) in [6.07, 6.45) is 1.02. The van der Waals surface area contributed by atoms with Gasteiger partial charge in [-0.3, -0.25) is 9.69 Å². The van der Waals surface area contributed by atoms with Crippen LogP contribution in [0.3, 0.4) is 0 Å². The van der Waals surface area contributed by atoms with E-state index in [1.165, 1.54) is 29.6 Å². The molecule has 1 aromatic carbocycles. The van der Waals surface area contributed by atoms with Gasteiger partial charge in [0.1, 0.15) is 15.5 Å². The van der Waals surface area contributed by atoms with Crippen LogP contribution in [-0.4, -0.2) is 35.0 Å². The second kappa shape index (κ2) is 8.02. The second-order valence-corrected chi connectivity index (χ2v) is 7.58. The predicted octanol–water partition coefficient (Wildman–Crippen LogP) is 3.27. The molecule has 0 saturated carbocycles. The molecule has 0 spiro atoms. The Hall–Kier alpha value is -2.51. The van der Waals surface area contributed by atoms with Crippen LogP contribution in [0.2, 0.25) is 0 Å². The highest BCUT2D eigenvalue weighted by atomic mass is 32.1. The molecular weight excluding hydrogens is 362 g/mol. The van der Waals surface area contributed by atoms with E-state index in [1.54, 1.807) is 6.92 Å². The van der Waals surface area contributed by atoms with Crippen LogP contribution < -0.4 is 5.56 Å². The third kappa shape index (κ3) is 4.09. The largest absolute Gasteiger partial charge is 0.465 e. The fourth-order valence-electron chi connectivity index (χ4n) is 3.05. The first-order valence-corrected chi connectivity index (χ1v) is 9.61. The van der Waals surface area contributed by atoms with Gasteiger partial charge in [-0.2, -0.15) is 0 Å². The summed E-state index contributed by atoms with van der Waals surface area (Å²) in [4.78, 5) is 34.8. The molecule has 0 bridgehead atoms. The topological polar surface area (TPSA) is 75.3 Å². The average molecular weight is 385 g/mol. The number of aryl methyl sites for hydroxylation is 2. The summed E-state index contributed by atoms with van der Waals surface area (Å²) in [5.41, 5.74) is 2.91. The molecule has 0 fully saturated rings. The van der Waals surface area contributed by atoms with Gasteiger partial charge in [0.2, 0.25) is 0 Å². The van der Waals surface area contributed by atoms with Crippen molar-refractivity contribution in [2.75, 3.05) is 14.2 Å². The summed E-state index contributed by atoms with van der Waals surface area (Å²) in [7, 11) is 3.31. The summed E-state index contributed by atoms with van der Waals surface area (Å²) < 4.78 is 4.79. The molecule has 0 atom stereocenters. The SMILES string of the molecule is CCc1ccc(CN(C)Cc2nc3sc(C(=O)OC)c(C)c3c(=O)[nH]2)cc1. The molecule has 0 radical (unpaired) electrons. The second-order valence-electron chi connectivity index (χ2n) is 6.58. The number of hydrogen-bond acceptors (Lipinski definition) is 6. The van der Waals surface area contributed by atoms with E-state index in [-0.39, 0.29) is 5.56 Å². The molecule has 6 nitrogen and oxygen atoms in total. The summed E-state index contributed by atoms with van der Waals surface area (Å²) in [6.45, 7) is 5.14. The number of nitrogens with one attached hydrogen (secondary N) is 1. The molecule has 0 saturated heterocycles. The first-order valence-electron chi connectivity index (χ1n) is 8.79. The Morgan fingerprint density at radius 3 is 2.52 bits per heavy atom. The Morgan fingerprint density at radius 2 is 1.89 bits per heavy atom. The molecule has 27 heavy (non-hydrogen) atoms. The Bertz CT molecular complexity index is 1020. The molecule has 0 unspecified atom stereocenters. The fraction of sp³-hybridized carbons (Fsp3) is 0.350. The van der Waals surface area contributed by atoms with Gasteiger partial charge >= 0.3 is 5.97 Å². The predicted molar refractivity (Wildman–Crippen MR) is 107 cm³/mol. The van der Waals surface area contributed by atoms with E-state index in [0.29, 0.717) is 33.0 Å². The van der Waals surface area contributed by atoms with Crippen molar-refractivity contribution in [3.05, 3.63) is 62.0 Å². The molecule has 3 aromatic rings. The number of ether oxygens (including phenoxy) is 1. The molecule has 0 aliphatic rings. The van der Waals surface area contributed by atoms with E-state index in [9.17, 15) is 9.59 Å². The zero-order chi connectivity index (χ0) is 19.6. The fourth-order valence-corrected chi connectivity index (χ4v) is 4.17. The van der Waals surface area contributed by atoms with Crippen LogP contribution in [0.4, 0.5) is 0 Å². The number of carbonyl (C=O) groups excluding carboxylic acids is 1. The van der Waals surface area contributed by atoms with E-state index in [0.717, 1.165) is 13.0 Å². The molecule has 1 N–H and O–H groups in total. The van der Waals surface area contributed by atoms with Gasteiger partial charge < -0.3 is 9.72 Å². The first-order chi connectivity index (χ1) is 12.9. The average Bonchev–Trinajstić information content (AvgIpc) is 2.98. The maximum Gasteiger partial charge on any atom is 0.348 e. The summed E-state index contributed by atoms with van der Waals surface area (Å²) in [5.74, 6) is 0.141. The van der Waals surface area contributed by atoms with Crippen LogP contribution >= 0.6 is 11.3 Å². The van der Waals surface area contributed by atoms with Gasteiger partial charge in [-0.1, -0.05) is 31.2 Å². The Labute approximate surface area is 161 Å². The highest BCUT2D eigenvalue weighted by Gasteiger charge is 2.20. The minimum absolute atomic E-state index is 0.223. The third-order valence-electron chi connectivity index (χ3n) is 4.52. The minimum Gasteiger partial charge on any atom is -0.465 e. The Morgan fingerprint density at radius 1 is 1.22 bits per heavy atom. The maximum absolute atomic E-state index is 12.5. The number of hydrogen-bond donors (Lipinski definition) is 1. The van der Waals surface area contributed by atoms with E-state index < -0.39 is 5.97 Å². The highest BCUT2D eigenvalue weighted by molar-refractivity contribution is 7.20. The number of aromatic amines is 1. The summed E-state index contributed by atoms with van der Waals surface area (Å²) in [5, 5.41) is 0.460. The van der Waals surface area contributed by atoms with Crippen molar-refractivity contribution in [1.29, 1.82) is 0 Å². The molecule has 2 aromatic heterocycles. The number of methoxy groups -OCH3 is 1. The molecule has 3 rings (SSSR count). The van der Waals surface area contributed by atoms with Gasteiger partial charge in [0.25, 0.3) is 5.56 Å². The summed E-state index contributed by atoms with van der Waals surface area (Å²) >= 11 is 1.20. The van der Waals surface area contributed by atoms with Crippen molar-refractivity contribution in [3.8, 4) is 0 Å². The van der Waals surface area contributed by atoms with Crippen molar-refractivity contribution in [1.82, 2.24) is 14.9 Å². The smallest absolute Gasteiger partial charge is 0.348 e. The van der Waals surface area contributed by atoms with Crippen molar-refractivity contribution in [2.24, 2.45) is 0 Å². The molecule has 7 heteroatoms. The summed E-state index contributed by atoms with van der Waals surface area (Å²) in [6, 6.07) is 8.52. The highest BCUT2D eigenvalue weighted by Crippen LogP contribution is 2.27. The number of fused-ring (bicyclic) bond motifs is 1. The van der Waals surface area contributed by atoms with E-state index in [1.807, 2.05) is 7.05 Å². The van der Waals surface area contributed by atoms with Crippen LogP contribution in [-0.2, 0) is 24.2 Å². The van der Waals surface area contributed by atoms with Crippen LogP contribution in [0, 0.1) is 6.92 Å². The monoisotopic (exact) mass is 385 g/mol. The molecule has 2 heterocycles. The minimum atomic E-state index is -0.441. The molecule has 0 aliphatic heterocycles. The zero-order valence-electron chi connectivity index (χ0n) is 16.0. The Kier molecular flexibility index (Phi) is 5.72. The van der Waals surface area contributed by atoms with Crippen LogP contribution in [0.5, 0.6) is 0 Å². The van der Waals surface area contributed by atoms with Gasteiger partial charge in [-0.05, 0) is 37.1 Å². The molecular formula is C20H23N3O3S. The molecule has 142 valence electrons. The van der Waals surface area contributed by atoms with Crippen molar-refractivity contribution >= 4 is 27.5 Å².